The highest BCUT2D eigenvalue weighted by molar-refractivity contribution is 6.04. The lowest BCUT2D eigenvalue weighted by Gasteiger charge is -2.16. The third-order valence-corrected chi connectivity index (χ3v) is 9.98. The van der Waals surface area contributed by atoms with Crippen LogP contribution in [0.25, 0.3) is 101 Å². The Morgan fingerprint density at radius 1 is 0.327 bits per heavy atom. The number of fused-ring (bicyclic) bond motifs is 2. The highest BCUT2D eigenvalue weighted by Crippen LogP contribution is 2.40. The molecule has 258 valence electrons. The van der Waals surface area contributed by atoms with E-state index < -0.39 is 0 Å². The van der Waals surface area contributed by atoms with Crippen molar-refractivity contribution in [3.05, 3.63) is 194 Å². The summed E-state index contributed by atoms with van der Waals surface area (Å²) in [4.78, 5) is 19.5. The topological polar surface area (TPSA) is 64.7 Å². The first kappa shape index (κ1) is 32.2. The van der Waals surface area contributed by atoms with Crippen molar-refractivity contribution in [3.63, 3.8) is 0 Å². The van der Waals surface area contributed by atoms with Gasteiger partial charge in [0.05, 0.1) is 0 Å². The third kappa shape index (κ3) is 6.24. The van der Waals surface area contributed by atoms with Crippen LogP contribution in [0.1, 0.15) is 0 Å². The van der Waals surface area contributed by atoms with Gasteiger partial charge in [0.2, 0.25) is 5.89 Å². The second kappa shape index (κ2) is 13.8. The van der Waals surface area contributed by atoms with Crippen molar-refractivity contribution >= 4 is 21.9 Å². The number of oxazole rings is 1. The number of aromatic nitrogens is 4. The van der Waals surface area contributed by atoms with E-state index in [0.29, 0.717) is 23.4 Å². The molecule has 5 nitrogen and oxygen atoms in total. The Hall–Kier alpha value is -7.50. The van der Waals surface area contributed by atoms with Gasteiger partial charge in [-0.1, -0.05) is 164 Å². The van der Waals surface area contributed by atoms with Gasteiger partial charge < -0.3 is 4.42 Å². The third-order valence-electron chi connectivity index (χ3n) is 9.98. The summed E-state index contributed by atoms with van der Waals surface area (Å²) in [5.74, 6) is 2.54. The molecule has 0 bridgehead atoms. The molecule has 0 saturated carbocycles. The number of nitrogens with zero attached hydrogens (tertiary/aromatic N) is 4. The van der Waals surface area contributed by atoms with Crippen molar-refractivity contribution in [3.8, 4) is 79.0 Å². The predicted octanol–water partition coefficient (Wildman–Crippen LogP) is 12.8. The van der Waals surface area contributed by atoms with Crippen molar-refractivity contribution in [1.82, 2.24) is 19.9 Å². The Kier molecular flexibility index (Phi) is 8.08. The zero-order valence-electron chi connectivity index (χ0n) is 29.7. The van der Waals surface area contributed by atoms with Gasteiger partial charge in [-0.2, -0.15) is 0 Å². The van der Waals surface area contributed by atoms with E-state index in [9.17, 15) is 0 Å². The molecule has 0 atom stereocenters. The summed E-state index contributed by atoms with van der Waals surface area (Å²) >= 11 is 0. The molecule has 0 amide bonds. The van der Waals surface area contributed by atoms with E-state index in [2.05, 4.69) is 97.1 Å². The molecule has 0 aliphatic rings. The predicted molar refractivity (Wildman–Crippen MR) is 223 cm³/mol. The maximum atomic E-state index is 6.24. The minimum atomic E-state index is 0.622. The quantitative estimate of drug-likeness (QED) is 0.165. The number of hydrogen-bond donors (Lipinski definition) is 0. The van der Waals surface area contributed by atoms with Gasteiger partial charge >= 0.3 is 0 Å². The highest BCUT2D eigenvalue weighted by atomic mass is 16.3. The largest absolute Gasteiger partial charge is 0.436 e. The lowest BCUT2D eigenvalue weighted by atomic mass is 9.88. The van der Waals surface area contributed by atoms with Crippen LogP contribution < -0.4 is 0 Å². The minimum Gasteiger partial charge on any atom is -0.436 e. The summed E-state index contributed by atoms with van der Waals surface area (Å²) < 4.78 is 6.24. The smallest absolute Gasteiger partial charge is 0.227 e. The highest BCUT2D eigenvalue weighted by Gasteiger charge is 2.16. The van der Waals surface area contributed by atoms with Crippen LogP contribution in [0.2, 0.25) is 0 Å². The number of rotatable bonds is 7. The fraction of sp³-hybridized carbons (Fsp3) is 0. The maximum absolute atomic E-state index is 6.24. The number of hydrogen-bond acceptors (Lipinski definition) is 5. The van der Waals surface area contributed by atoms with E-state index in [1.807, 2.05) is 97.1 Å². The molecule has 10 aromatic rings. The van der Waals surface area contributed by atoms with Crippen molar-refractivity contribution in [2.75, 3.05) is 0 Å². The van der Waals surface area contributed by atoms with Crippen LogP contribution in [0.15, 0.2) is 199 Å². The Bertz CT molecular complexity index is 2900. The Morgan fingerprint density at radius 3 is 1.51 bits per heavy atom. The summed E-state index contributed by atoms with van der Waals surface area (Å²) in [5, 5.41) is 2.38. The van der Waals surface area contributed by atoms with Crippen LogP contribution in [0.3, 0.4) is 0 Å². The lowest BCUT2D eigenvalue weighted by Crippen LogP contribution is -2.00. The summed E-state index contributed by atoms with van der Waals surface area (Å²) in [6.07, 6.45) is 0. The van der Waals surface area contributed by atoms with E-state index in [4.69, 9.17) is 24.4 Å². The van der Waals surface area contributed by atoms with Gasteiger partial charge in [-0.25, -0.2) is 19.9 Å². The SMILES string of the molecule is c1ccc(-c2nc(-c3ccccc3)nc(-c3ccc(-c4ccc5ccccc5c4-c4cccc(-c5ccc6nc(-c7ccccc7)oc6c5)c4)cc3)n2)cc1. The molecular weight excluding hydrogens is 673 g/mol. The molecule has 55 heavy (non-hydrogen) atoms. The molecule has 2 heterocycles. The van der Waals surface area contributed by atoms with Crippen LogP contribution in [0, 0.1) is 0 Å². The fourth-order valence-corrected chi connectivity index (χ4v) is 7.22. The maximum Gasteiger partial charge on any atom is 0.227 e. The molecule has 0 saturated heterocycles. The monoisotopic (exact) mass is 704 g/mol. The molecule has 8 aromatic carbocycles. The molecule has 0 aliphatic heterocycles. The first-order valence-corrected chi connectivity index (χ1v) is 18.3. The van der Waals surface area contributed by atoms with Crippen LogP contribution in [0.4, 0.5) is 0 Å². The summed E-state index contributed by atoms with van der Waals surface area (Å²) in [6.45, 7) is 0. The van der Waals surface area contributed by atoms with Gasteiger partial charge in [-0.05, 0) is 74.5 Å². The van der Waals surface area contributed by atoms with Crippen LogP contribution in [-0.2, 0) is 0 Å². The Balaban J connectivity index is 1.05. The average Bonchev–Trinajstić information content (AvgIpc) is 3.71. The normalized spacial score (nSPS) is 11.3. The number of benzene rings is 8. The van der Waals surface area contributed by atoms with Gasteiger partial charge in [0.1, 0.15) is 5.52 Å². The average molecular weight is 705 g/mol. The van der Waals surface area contributed by atoms with Crippen LogP contribution >= 0.6 is 0 Å². The van der Waals surface area contributed by atoms with Gasteiger partial charge in [0.15, 0.2) is 23.1 Å². The molecule has 5 heteroatoms. The zero-order valence-corrected chi connectivity index (χ0v) is 29.7. The van der Waals surface area contributed by atoms with E-state index >= 15 is 0 Å². The molecular formula is C50H32N4O. The molecule has 0 unspecified atom stereocenters. The van der Waals surface area contributed by atoms with Crippen LogP contribution in [0.5, 0.6) is 0 Å². The molecule has 0 radical (unpaired) electrons. The van der Waals surface area contributed by atoms with E-state index in [0.717, 1.165) is 61.2 Å². The zero-order chi connectivity index (χ0) is 36.6. The van der Waals surface area contributed by atoms with Gasteiger partial charge in [-0.15, -0.1) is 0 Å². The summed E-state index contributed by atoms with van der Waals surface area (Å²) in [7, 11) is 0. The van der Waals surface area contributed by atoms with Crippen molar-refractivity contribution in [2.45, 2.75) is 0 Å². The standard InChI is InChI=1S/C50H32N4O/c1-4-14-35(15-5-1)47-52-48(36-16-6-2-7-17-36)54-49(53-47)37-25-23-34(24-26-37)43-29-27-33-13-10-11-22-42(33)46(43)41-21-12-20-39(31-41)40-28-30-44-45(32-40)55-50(51-44)38-18-8-3-9-19-38/h1-32H. The first-order valence-electron chi connectivity index (χ1n) is 18.3. The van der Waals surface area contributed by atoms with Crippen molar-refractivity contribution < 1.29 is 4.42 Å². The van der Waals surface area contributed by atoms with Gasteiger partial charge in [0, 0.05) is 22.3 Å². The minimum absolute atomic E-state index is 0.622. The second-order valence-corrected chi connectivity index (χ2v) is 13.5. The van der Waals surface area contributed by atoms with Crippen molar-refractivity contribution in [1.29, 1.82) is 0 Å². The van der Waals surface area contributed by atoms with Gasteiger partial charge in [0.25, 0.3) is 0 Å². The van der Waals surface area contributed by atoms with E-state index in [1.54, 1.807) is 0 Å². The first-order chi connectivity index (χ1) is 27.2. The lowest BCUT2D eigenvalue weighted by molar-refractivity contribution is 0.620. The van der Waals surface area contributed by atoms with E-state index in [1.165, 1.54) is 16.3 Å². The van der Waals surface area contributed by atoms with Crippen molar-refractivity contribution in [2.24, 2.45) is 0 Å². The molecule has 0 aliphatic carbocycles. The summed E-state index contributed by atoms with van der Waals surface area (Å²) in [5.41, 5.74) is 12.1. The molecule has 2 aromatic heterocycles. The molecule has 0 spiro atoms. The summed E-state index contributed by atoms with van der Waals surface area (Å²) in [6, 6.07) is 66.7. The molecule has 0 N–H and O–H groups in total. The molecule has 0 fully saturated rings. The van der Waals surface area contributed by atoms with E-state index in [-0.39, 0.29) is 0 Å². The van der Waals surface area contributed by atoms with Gasteiger partial charge in [-0.3, -0.25) is 0 Å². The Morgan fingerprint density at radius 2 is 0.836 bits per heavy atom. The Labute approximate surface area is 318 Å². The fourth-order valence-electron chi connectivity index (χ4n) is 7.22. The second-order valence-electron chi connectivity index (χ2n) is 13.5. The molecule has 10 rings (SSSR count). The van der Waals surface area contributed by atoms with Crippen LogP contribution in [-0.4, -0.2) is 19.9 Å².